The number of fused-ring (bicyclic) bond motifs is 2. The molecule has 0 aromatic carbocycles. The van der Waals surface area contributed by atoms with Crippen molar-refractivity contribution in [2.75, 3.05) is 0 Å². The van der Waals surface area contributed by atoms with Crippen LogP contribution < -0.4 is 10.6 Å². The number of rotatable bonds is 2. The molecule has 0 aromatic rings. The van der Waals surface area contributed by atoms with Gasteiger partial charge in [-0.25, -0.2) is 0 Å². The maximum absolute atomic E-state index is 5.63. The predicted molar refractivity (Wildman–Crippen MR) is 103 cm³/mol. The van der Waals surface area contributed by atoms with Crippen LogP contribution in [0.5, 0.6) is 0 Å². The van der Waals surface area contributed by atoms with Gasteiger partial charge in [0.15, 0.2) is 5.11 Å². The van der Waals surface area contributed by atoms with Crippen LogP contribution >= 0.6 is 12.2 Å². The Morgan fingerprint density at radius 2 is 1.35 bits per heavy atom. The maximum Gasteiger partial charge on any atom is 0.166 e. The average molecular weight is 335 g/mol. The molecule has 3 rings (SSSR count). The van der Waals surface area contributed by atoms with Gasteiger partial charge in [0.2, 0.25) is 0 Å². The average Bonchev–Trinajstić information content (AvgIpc) is 3.12. The Balaban J connectivity index is 1.41. The van der Waals surface area contributed by atoms with Gasteiger partial charge >= 0.3 is 0 Å². The lowest BCUT2D eigenvalue weighted by Crippen LogP contribution is -2.47. The van der Waals surface area contributed by atoms with E-state index in [-0.39, 0.29) is 0 Å². The molecule has 2 bridgehead atoms. The van der Waals surface area contributed by atoms with Crippen LogP contribution in [0.3, 0.4) is 0 Å². The van der Waals surface area contributed by atoms with Crippen LogP contribution in [0.15, 0.2) is 12.2 Å². The van der Waals surface area contributed by atoms with Gasteiger partial charge in [-0.15, -0.1) is 0 Å². The normalized spacial score (nSPS) is 33.0. The van der Waals surface area contributed by atoms with E-state index >= 15 is 0 Å². The highest BCUT2D eigenvalue weighted by Crippen LogP contribution is 2.38. The lowest BCUT2D eigenvalue weighted by atomic mass is 9.98. The molecule has 3 atom stereocenters. The molecule has 2 saturated carbocycles. The van der Waals surface area contributed by atoms with Crippen molar-refractivity contribution in [3.05, 3.63) is 12.2 Å². The van der Waals surface area contributed by atoms with E-state index in [2.05, 4.69) is 22.8 Å². The topological polar surface area (TPSA) is 24.1 Å². The van der Waals surface area contributed by atoms with E-state index in [1.165, 1.54) is 83.5 Å². The smallest absolute Gasteiger partial charge is 0.166 e. The van der Waals surface area contributed by atoms with Crippen molar-refractivity contribution < 1.29 is 0 Å². The molecule has 0 heterocycles. The first-order valence-electron chi connectivity index (χ1n) is 10.1. The molecule has 23 heavy (non-hydrogen) atoms. The molecule has 0 radical (unpaired) electrons. The Morgan fingerprint density at radius 1 is 0.739 bits per heavy atom. The molecule has 0 amide bonds. The summed E-state index contributed by atoms with van der Waals surface area (Å²) in [6, 6.07) is 1.17. The van der Waals surface area contributed by atoms with Crippen molar-refractivity contribution in [2.24, 2.45) is 11.8 Å². The number of thiocarbonyl (C=S) groups is 1. The number of hydrogen-bond donors (Lipinski definition) is 2. The van der Waals surface area contributed by atoms with Crippen molar-refractivity contribution in [3.8, 4) is 0 Å². The van der Waals surface area contributed by atoms with Crippen LogP contribution in [-0.4, -0.2) is 17.2 Å². The SMILES string of the molecule is S=C(NC1CCCCCCCCCCC1)N[C@@H]1C[C@@H]2C=C[C@H]1C2. The fraction of sp³-hybridized carbons (Fsp3) is 0.850. The van der Waals surface area contributed by atoms with Gasteiger partial charge in [0.05, 0.1) is 0 Å². The molecule has 0 aliphatic heterocycles. The van der Waals surface area contributed by atoms with Crippen molar-refractivity contribution in [1.82, 2.24) is 10.6 Å². The summed E-state index contributed by atoms with van der Waals surface area (Å²) in [5.74, 6) is 1.53. The summed E-state index contributed by atoms with van der Waals surface area (Å²) < 4.78 is 0. The van der Waals surface area contributed by atoms with Gasteiger partial charge in [-0.1, -0.05) is 69.9 Å². The zero-order valence-electron chi connectivity index (χ0n) is 14.6. The summed E-state index contributed by atoms with van der Waals surface area (Å²) in [7, 11) is 0. The Hall–Kier alpha value is -0.570. The largest absolute Gasteiger partial charge is 0.360 e. The van der Waals surface area contributed by atoms with Crippen LogP contribution in [0.2, 0.25) is 0 Å². The second-order valence-electron chi connectivity index (χ2n) is 7.96. The highest BCUT2D eigenvalue weighted by molar-refractivity contribution is 7.80. The lowest BCUT2D eigenvalue weighted by molar-refractivity contribution is 0.436. The molecule has 2 fully saturated rings. The molecule has 2 N–H and O–H groups in total. The molecular formula is C20H34N2S. The summed E-state index contributed by atoms with van der Waals surface area (Å²) in [5, 5.41) is 8.18. The summed E-state index contributed by atoms with van der Waals surface area (Å²) in [5.41, 5.74) is 0. The summed E-state index contributed by atoms with van der Waals surface area (Å²) in [4.78, 5) is 0. The Kier molecular flexibility index (Phi) is 6.79. The minimum atomic E-state index is 0.580. The summed E-state index contributed by atoms with van der Waals surface area (Å²) in [6.45, 7) is 0. The van der Waals surface area contributed by atoms with Crippen LogP contribution in [0.4, 0.5) is 0 Å². The van der Waals surface area contributed by atoms with Crippen LogP contribution in [0.25, 0.3) is 0 Å². The molecule has 130 valence electrons. The monoisotopic (exact) mass is 334 g/mol. The summed E-state index contributed by atoms with van der Waals surface area (Å²) >= 11 is 5.63. The highest BCUT2D eigenvalue weighted by Gasteiger charge is 2.35. The third-order valence-electron chi connectivity index (χ3n) is 6.04. The first-order chi connectivity index (χ1) is 11.3. The van der Waals surface area contributed by atoms with Gasteiger partial charge in [-0.3, -0.25) is 0 Å². The predicted octanol–water partition coefficient (Wildman–Crippen LogP) is 5.09. The molecule has 0 aromatic heterocycles. The molecule has 0 unspecified atom stereocenters. The molecular weight excluding hydrogens is 300 g/mol. The van der Waals surface area contributed by atoms with Crippen molar-refractivity contribution in [1.29, 1.82) is 0 Å². The van der Waals surface area contributed by atoms with Crippen LogP contribution in [0.1, 0.15) is 83.5 Å². The van der Waals surface area contributed by atoms with Crippen molar-refractivity contribution >= 4 is 17.3 Å². The van der Waals surface area contributed by atoms with E-state index in [1.54, 1.807) is 0 Å². The zero-order chi connectivity index (χ0) is 15.9. The number of nitrogens with one attached hydrogen (secondary N) is 2. The van der Waals surface area contributed by atoms with Crippen LogP contribution in [0, 0.1) is 11.8 Å². The number of allylic oxidation sites excluding steroid dienone is 1. The second-order valence-corrected chi connectivity index (χ2v) is 8.37. The van der Waals surface area contributed by atoms with Crippen molar-refractivity contribution in [2.45, 2.75) is 95.6 Å². The Morgan fingerprint density at radius 3 is 1.87 bits per heavy atom. The van der Waals surface area contributed by atoms with Crippen molar-refractivity contribution in [3.63, 3.8) is 0 Å². The molecule has 3 aliphatic carbocycles. The van der Waals surface area contributed by atoms with Gasteiger partial charge in [0, 0.05) is 12.1 Å². The third kappa shape index (κ3) is 5.48. The number of hydrogen-bond acceptors (Lipinski definition) is 1. The Bertz CT molecular complexity index is 394. The fourth-order valence-corrected chi connectivity index (χ4v) is 4.97. The molecule has 0 spiro atoms. The first kappa shape index (κ1) is 17.3. The highest BCUT2D eigenvalue weighted by atomic mass is 32.1. The van der Waals surface area contributed by atoms with E-state index in [9.17, 15) is 0 Å². The minimum Gasteiger partial charge on any atom is -0.360 e. The van der Waals surface area contributed by atoms with Crippen LogP contribution in [-0.2, 0) is 0 Å². The fourth-order valence-electron chi connectivity index (χ4n) is 4.65. The van der Waals surface area contributed by atoms with Gasteiger partial charge in [-0.05, 0) is 49.7 Å². The third-order valence-corrected chi connectivity index (χ3v) is 6.27. The van der Waals surface area contributed by atoms with E-state index < -0.39 is 0 Å². The molecule has 2 nitrogen and oxygen atoms in total. The molecule has 0 saturated heterocycles. The van der Waals surface area contributed by atoms with E-state index in [0.717, 1.165) is 16.9 Å². The van der Waals surface area contributed by atoms with Gasteiger partial charge in [-0.2, -0.15) is 0 Å². The molecule has 3 aliphatic rings. The summed E-state index contributed by atoms with van der Waals surface area (Å²) in [6.07, 6.45) is 22.7. The van der Waals surface area contributed by atoms with Gasteiger partial charge in [0.25, 0.3) is 0 Å². The lowest BCUT2D eigenvalue weighted by Gasteiger charge is -2.26. The maximum atomic E-state index is 5.63. The standard InChI is InChI=1S/C20H34N2S/c23-20(22-19-15-16-12-13-17(19)14-16)21-18-10-8-6-4-2-1-3-5-7-9-11-18/h12-13,16-19H,1-11,14-15H2,(H2,21,22,23)/t16-,17+,19-/m1/s1. The second kappa shape index (κ2) is 9.05. The zero-order valence-corrected chi connectivity index (χ0v) is 15.4. The molecule has 3 heteroatoms. The van der Waals surface area contributed by atoms with Gasteiger partial charge in [0.1, 0.15) is 0 Å². The van der Waals surface area contributed by atoms with E-state index in [4.69, 9.17) is 12.2 Å². The Labute approximate surface area is 147 Å². The van der Waals surface area contributed by atoms with Gasteiger partial charge < -0.3 is 10.6 Å². The first-order valence-corrected chi connectivity index (χ1v) is 10.5. The minimum absolute atomic E-state index is 0.580. The van der Waals surface area contributed by atoms with E-state index in [1.807, 2.05) is 0 Å². The quantitative estimate of drug-likeness (QED) is 0.543. The van der Waals surface area contributed by atoms with E-state index in [0.29, 0.717) is 12.1 Å².